The minimum absolute atomic E-state index is 0. The van der Waals surface area contributed by atoms with Gasteiger partial charge in [-0.15, -0.1) is 0 Å². The fourth-order valence-electron chi connectivity index (χ4n) is 2.79. The first-order chi connectivity index (χ1) is 12.4. The van der Waals surface area contributed by atoms with E-state index in [1.165, 1.54) is 23.8 Å². The van der Waals surface area contributed by atoms with Crippen molar-refractivity contribution in [1.82, 2.24) is 4.98 Å². The van der Waals surface area contributed by atoms with Crippen LogP contribution in [0.15, 0.2) is 61.1 Å². The number of carbonyl (C=O) groups is 1. The first-order valence-electron chi connectivity index (χ1n) is 8.14. The van der Waals surface area contributed by atoms with Gasteiger partial charge in [0.1, 0.15) is 0 Å². The van der Waals surface area contributed by atoms with Gasteiger partial charge < -0.3 is 17.0 Å². The summed E-state index contributed by atoms with van der Waals surface area (Å²) in [6.07, 6.45) is 3.39. The van der Waals surface area contributed by atoms with Crippen molar-refractivity contribution in [2.45, 2.75) is 20.4 Å². The molecule has 1 heterocycles. The molecule has 0 aliphatic heterocycles. The molecule has 0 bridgehead atoms. The molecule has 2 aromatic carbocycles. The van der Waals surface area contributed by atoms with Gasteiger partial charge >= 0.3 is 0 Å². The molecular weight excluding hydrogens is 410 g/mol. The van der Waals surface area contributed by atoms with Gasteiger partial charge in [-0.25, -0.2) is 4.57 Å². The number of nitrogens with zero attached hydrogens (tertiary/aromatic N) is 3. The second kappa shape index (κ2) is 8.64. The molecule has 0 radical (unpaired) electrons. The first kappa shape index (κ1) is 20.4. The average molecular weight is 428 g/mol. The van der Waals surface area contributed by atoms with E-state index in [1.807, 2.05) is 32.0 Å². The number of halogens is 1. The first-order valence-corrected chi connectivity index (χ1v) is 8.14. The van der Waals surface area contributed by atoms with Crippen LogP contribution in [0.4, 0.5) is 5.69 Å². The summed E-state index contributed by atoms with van der Waals surface area (Å²) in [6.45, 7) is 4.15. The Balaban J connectivity index is 0.00000261. The van der Waals surface area contributed by atoms with Crippen LogP contribution < -0.4 is 21.5 Å². The Bertz CT molecular complexity index is 988. The van der Waals surface area contributed by atoms with E-state index >= 15 is 0 Å². The van der Waals surface area contributed by atoms with Crippen LogP contribution >= 0.6 is 0 Å². The number of hydrogen-bond donors (Lipinski definition) is 0. The van der Waals surface area contributed by atoms with Crippen LogP contribution in [-0.2, 0) is 6.54 Å². The molecule has 0 saturated carbocycles. The number of rotatable bonds is 5. The summed E-state index contributed by atoms with van der Waals surface area (Å²) in [5.74, 6) is -0.209. The maximum atomic E-state index is 12.4. The van der Waals surface area contributed by atoms with E-state index in [0.717, 1.165) is 16.8 Å². The fraction of sp³-hybridized carbons (Fsp3) is 0.150. The number of carbonyl (C=O) groups excluding carboxylic acids is 1. The number of nitro groups is 1. The number of ketones is 1. The molecule has 0 amide bonds. The van der Waals surface area contributed by atoms with Crippen molar-refractivity contribution in [3.63, 3.8) is 0 Å². The zero-order chi connectivity index (χ0) is 18.7. The molecule has 7 heteroatoms. The topological polar surface area (TPSA) is 77.0 Å². The van der Waals surface area contributed by atoms with E-state index in [1.54, 1.807) is 23.2 Å². The summed E-state index contributed by atoms with van der Waals surface area (Å²) in [7, 11) is 0. The number of nitro benzene ring substituents is 1. The summed E-state index contributed by atoms with van der Waals surface area (Å²) in [5, 5.41) is 10.8. The smallest absolute Gasteiger partial charge is 0.287 e. The number of Topliss-reactive ketones (excluding diaryl/α,β-unsaturated/α-hetero) is 1. The highest BCUT2D eigenvalue weighted by Crippen LogP contribution is 2.21. The van der Waals surface area contributed by atoms with Crippen LogP contribution in [0.25, 0.3) is 11.3 Å². The lowest BCUT2D eigenvalue weighted by Crippen LogP contribution is -3.00. The van der Waals surface area contributed by atoms with Crippen LogP contribution in [0.2, 0.25) is 0 Å². The van der Waals surface area contributed by atoms with Gasteiger partial charge in [0.2, 0.25) is 5.78 Å². The van der Waals surface area contributed by atoms with Gasteiger partial charge in [-0.05, 0) is 24.4 Å². The van der Waals surface area contributed by atoms with Gasteiger partial charge in [-0.3, -0.25) is 14.9 Å². The predicted octanol–water partition coefficient (Wildman–Crippen LogP) is 0.448. The Labute approximate surface area is 167 Å². The van der Waals surface area contributed by atoms with E-state index in [-0.39, 0.29) is 35.0 Å². The largest absolute Gasteiger partial charge is 1.00 e. The van der Waals surface area contributed by atoms with Crippen molar-refractivity contribution in [2.24, 2.45) is 0 Å². The molecule has 138 valence electrons. The summed E-state index contributed by atoms with van der Waals surface area (Å²) in [6, 6.07) is 13.8. The Morgan fingerprint density at radius 2 is 1.93 bits per heavy atom. The monoisotopic (exact) mass is 427 g/mol. The quantitative estimate of drug-likeness (QED) is 0.256. The molecular formula is C20H18BrN3O3. The highest BCUT2D eigenvalue weighted by molar-refractivity contribution is 5.95. The lowest BCUT2D eigenvalue weighted by molar-refractivity contribution is -0.686. The van der Waals surface area contributed by atoms with Crippen LogP contribution in [-0.4, -0.2) is 15.7 Å². The molecule has 0 aliphatic rings. The minimum atomic E-state index is -0.510. The standard InChI is InChI=1S/C20H18N3O3.BrH/c1-14-6-7-18(15(2)10-14)19-8-9-22(13-21-19)12-20(24)16-4-3-5-17(11-16)23(25)26;/h3-11,13H,12H2,1-2H3;1H/q+1;/p-1. The van der Waals surface area contributed by atoms with Gasteiger partial charge in [0.05, 0.1) is 11.1 Å². The summed E-state index contributed by atoms with van der Waals surface area (Å²) < 4.78 is 1.66. The van der Waals surface area contributed by atoms with Gasteiger partial charge in [-0.2, -0.15) is 0 Å². The minimum Gasteiger partial charge on any atom is -1.00 e. The van der Waals surface area contributed by atoms with Gasteiger partial charge in [0.15, 0.2) is 12.2 Å². The summed E-state index contributed by atoms with van der Waals surface area (Å²) in [5.41, 5.74) is 4.44. The molecule has 0 N–H and O–H groups in total. The van der Waals surface area contributed by atoms with E-state index in [9.17, 15) is 14.9 Å². The molecule has 27 heavy (non-hydrogen) atoms. The predicted molar refractivity (Wildman–Crippen MR) is 96.8 cm³/mol. The normalized spacial score (nSPS) is 10.1. The number of hydrogen-bond acceptors (Lipinski definition) is 4. The average Bonchev–Trinajstić information content (AvgIpc) is 2.63. The van der Waals surface area contributed by atoms with Crippen molar-refractivity contribution in [2.75, 3.05) is 0 Å². The van der Waals surface area contributed by atoms with Crippen molar-refractivity contribution >= 4 is 11.5 Å². The van der Waals surface area contributed by atoms with Crippen LogP contribution in [0, 0.1) is 24.0 Å². The Kier molecular flexibility index (Phi) is 6.52. The van der Waals surface area contributed by atoms with Crippen LogP contribution in [0.1, 0.15) is 21.5 Å². The van der Waals surface area contributed by atoms with Crippen LogP contribution in [0.3, 0.4) is 0 Å². The van der Waals surface area contributed by atoms with Crippen LogP contribution in [0.5, 0.6) is 0 Å². The summed E-state index contributed by atoms with van der Waals surface area (Å²) >= 11 is 0. The lowest BCUT2D eigenvalue weighted by Gasteiger charge is -2.04. The third kappa shape index (κ3) is 4.83. The van der Waals surface area contributed by atoms with Gasteiger partial charge in [-0.1, -0.05) is 35.9 Å². The molecule has 6 nitrogen and oxygen atoms in total. The zero-order valence-corrected chi connectivity index (χ0v) is 16.5. The number of aryl methyl sites for hydroxylation is 2. The van der Waals surface area contributed by atoms with Gasteiger partial charge in [0.25, 0.3) is 12.0 Å². The second-order valence-corrected chi connectivity index (χ2v) is 6.17. The Morgan fingerprint density at radius 1 is 1.15 bits per heavy atom. The highest BCUT2D eigenvalue weighted by Gasteiger charge is 2.15. The van der Waals surface area contributed by atoms with Crippen molar-refractivity contribution in [3.05, 3.63) is 87.9 Å². The van der Waals surface area contributed by atoms with E-state index in [4.69, 9.17) is 0 Å². The third-order valence-corrected chi connectivity index (χ3v) is 4.13. The molecule has 3 rings (SSSR count). The maximum Gasteiger partial charge on any atom is 0.287 e. The molecule has 0 spiro atoms. The van der Waals surface area contributed by atoms with Gasteiger partial charge in [0, 0.05) is 29.3 Å². The molecule has 0 unspecified atom stereocenters. The third-order valence-electron chi connectivity index (χ3n) is 4.13. The molecule has 0 fully saturated rings. The molecule has 3 aromatic rings. The maximum absolute atomic E-state index is 12.4. The number of non-ortho nitro benzene ring substituents is 1. The van der Waals surface area contributed by atoms with Crippen molar-refractivity contribution in [1.29, 1.82) is 0 Å². The SMILES string of the molecule is Cc1ccc(-c2cc[n+](CC(=O)c3cccc([N+](=O)[O-])c3)cn2)c(C)c1.[Br-]. The van der Waals surface area contributed by atoms with E-state index in [2.05, 4.69) is 11.1 Å². The highest BCUT2D eigenvalue weighted by atomic mass is 79.9. The summed E-state index contributed by atoms with van der Waals surface area (Å²) in [4.78, 5) is 27.1. The van der Waals surface area contributed by atoms with E-state index in [0.29, 0.717) is 5.56 Å². The molecule has 0 aliphatic carbocycles. The number of benzene rings is 2. The van der Waals surface area contributed by atoms with E-state index < -0.39 is 4.92 Å². The molecule has 1 aromatic heterocycles. The molecule has 0 atom stereocenters. The fourth-order valence-corrected chi connectivity index (χ4v) is 2.79. The lowest BCUT2D eigenvalue weighted by atomic mass is 10.0. The molecule has 0 saturated heterocycles. The zero-order valence-electron chi connectivity index (χ0n) is 14.9. The Hall–Kier alpha value is -2.93. The number of aromatic nitrogens is 2. The van der Waals surface area contributed by atoms with Crippen molar-refractivity contribution < 1.29 is 31.3 Å². The second-order valence-electron chi connectivity index (χ2n) is 6.17. The Morgan fingerprint density at radius 3 is 2.56 bits per heavy atom. The van der Waals surface area contributed by atoms with Crippen molar-refractivity contribution in [3.8, 4) is 11.3 Å².